The minimum absolute atomic E-state index is 0.00344. The Kier molecular flexibility index (Phi) is 6.24. The molecule has 1 heterocycles. The minimum atomic E-state index is -4.37. The number of nitrogens with zero attached hydrogens (tertiary/aromatic N) is 1. The van der Waals surface area contributed by atoms with Gasteiger partial charge in [-0.25, -0.2) is 0 Å². The van der Waals surface area contributed by atoms with E-state index in [1.807, 2.05) is 0 Å². The number of likely N-dealkylation sites (tertiary alicyclic amines) is 1. The van der Waals surface area contributed by atoms with Crippen molar-refractivity contribution >= 4 is 5.91 Å². The lowest BCUT2D eigenvalue weighted by Gasteiger charge is -2.18. The van der Waals surface area contributed by atoms with Crippen LogP contribution in [0.25, 0.3) is 0 Å². The predicted octanol–water partition coefficient (Wildman–Crippen LogP) is 3.67. The van der Waals surface area contributed by atoms with E-state index in [1.165, 1.54) is 12.1 Å². The van der Waals surface area contributed by atoms with E-state index in [4.69, 9.17) is 9.84 Å². The van der Waals surface area contributed by atoms with E-state index < -0.39 is 11.7 Å². The van der Waals surface area contributed by atoms with Crippen LogP contribution in [0.3, 0.4) is 0 Å². The van der Waals surface area contributed by atoms with Crippen LogP contribution < -0.4 is 4.74 Å². The number of halogens is 3. The molecule has 0 spiro atoms. The third-order valence-electron chi connectivity index (χ3n) is 4.94. The van der Waals surface area contributed by atoms with Gasteiger partial charge >= 0.3 is 6.18 Å². The first kappa shape index (κ1) is 20.2. The van der Waals surface area contributed by atoms with Crippen LogP contribution in [0.1, 0.15) is 23.1 Å². The lowest BCUT2D eigenvalue weighted by atomic mass is 9.95. The highest BCUT2D eigenvalue weighted by molar-refractivity contribution is 5.78. The molecule has 0 aliphatic carbocycles. The van der Waals surface area contributed by atoms with Crippen molar-refractivity contribution in [1.29, 1.82) is 0 Å². The highest BCUT2D eigenvalue weighted by atomic mass is 19.4. The van der Waals surface area contributed by atoms with Gasteiger partial charge < -0.3 is 14.7 Å². The molecule has 0 aromatic heterocycles. The molecule has 1 aliphatic heterocycles. The quantitative estimate of drug-likeness (QED) is 0.815. The van der Waals surface area contributed by atoms with Crippen molar-refractivity contribution in [1.82, 2.24) is 4.90 Å². The van der Waals surface area contributed by atoms with Crippen LogP contribution in [0.2, 0.25) is 0 Å². The number of alkyl halides is 3. The van der Waals surface area contributed by atoms with E-state index in [9.17, 15) is 18.0 Å². The maximum atomic E-state index is 13.1. The molecule has 0 radical (unpaired) electrons. The molecule has 150 valence electrons. The molecule has 0 bridgehead atoms. The number of rotatable bonds is 6. The van der Waals surface area contributed by atoms with Crippen LogP contribution in [0, 0.1) is 5.92 Å². The molecule has 2 aromatic carbocycles. The molecule has 1 saturated heterocycles. The summed E-state index contributed by atoms with van der Waals surface area (Å²) in [5.41, 5.74) is 0.421. The van der Waals surface area contributed by atoms with Gasteiger partial charge in [-0.3, -0.25) is 4.79 Å². The van der Waals surface area contributed by atoms with E-state index >= 15 is 0 Å². The van der Waals surface area contributed by atoms with E-state index in [2.05, 4.69) is 0 Å². The Morgan fingerprint density at radius 2 is 1.86 bits per heavy atom. The molecule has 2 aromatic rings. The van der Waals surface area contributed by atoms with Gasteiger partial charge in [0.2, 0.25) is 0 Å². The van der Waals surface area contributed by atoms with E-state index in [0.717, 1.165) is 11.6 Å². The summed E-state index contributed by atoms with van der Waals surface area (Å²) in [6.45, 7) is 0.762. The fraction of sp³-hybridized carbons (Fsp3) is 0.381. The fourth-order valence-corrected chi connectivity index (χ4v) is 3.44. The maximum absolute atomic E-state index is 13.1. The third kappa shape index (κ3) is 5.04. The van der Waals surface area contributed by atoms with Crippen LogP contribution in [0.4, 0.5) is 13.2 Å². The number of ether oxygens (including phenoxy) is 1. The highest BCUT2D eigenvalue weighted by Crippen LogP contribution is 2.34. The topological polar surface area (TPSA) is 49.8 Å². The molecule has 1 aliphatic rings. The van der Waals surface area contributed by atoms with Crippen LogP contribution in [0.5, 0.6) is 5.75 Å². The number of carbonyl (C=O) groups excluding carboxylic acids is 1. The van der Waals surface area contributed by atoms with Crippen molar-refractivity contribution in [3.8, 4) is 5.75 Å². The lowest BCUT2D eigenvalue weighted by Crippen LogP contribution is -2.33. The largest absolute Gasteiger partial charge is 0.484 e. The average Bonchev–Trinajstić information content (AvgIpc) is 3.14. The number of carbonyl (C=O) groups is 1. The first-order valence-electron chi connectivity index (χ1n) is 9.12. The molecule has 1 unspecified atom stereocenters. The Labute approximate surface area is 161 Å². The summed E-state index contributed by atoms with van der Waals surface area (Å²) in [5, 5.41) is 9.02. The summed E-state index contributed by atoms with van der Waals surface area (Å²) in [4.78, 5) is 14.0. The van der Waals surface area contributed by atoms with Crippen LogP contribution >= 0.6 is 0 Å². The Morgan fingerprint density at radius 3 is 2.54 bits per heavy atom. The average molecular weight is 393 g/mol. The molecule has 3 rings (SSSR count). The molecular formula is C21H22F3NO3. The first-order chi connectivity index (χ1) is 13.4. The Bertz CT molecular complexity index is 805. The number of benzene rings is 2. The molecule has 1 fully saturated rings. The number of hydrogen-bond donors (Lipinski definition) is 1. The third-order valence-corrected chi connectivity index (χ3v) is 4.94. The lowest BCUT2D eigenvalue weighted by molar-refractivity contribution is -0.138. The normalized spacial score (nSPS) is 17.0. The van der Waals surface area contributed by atoms with Gasteiger partial charge in [-0.2, -0.15) is 13.2 Å². The summed E-state index contributed by atoms with van der Waals surface area (Å²) in [6.07, 6.45) is -3.41. The number of aliphatic hydroxyl groups is 1. The van der Waals surface area contributed by atoms with E-state index in [0.29, 0.717) is 31.7 Å². The van der Waals surface area contributed by atoms with Crippen LogP contribution in [-0.4, -0.2) is 35.6 Å². The molecule has 4 nitrogen and oxygen atoms in total. The summed E-state index contributed by atoms with van der Waals surface area (Å²) in [5.74, 6) is 0.342. The van der Waals surface area contributed by atoms with Crippen LogP contribution in [-0.2, 0) is 24.0 Å². The van der Waals surface area contributed by atoms with Gasteiger partial charge in [-0.15, -0.1) is 0 Å². The molecule has 0 saturated carbocycles. The zero-order valence-corrected chi connectivity index (χ0v) is 15.3. The van der Waals surface area contributed by atoms with E-state index in [1.54, 1.807) is 35.2 Å². The minimum Gasteiger partial charge on any atom is -0.484 e. The van der Waals surface area contributed by atoms with Gasteiger partial charge in [-0.05, 0) is 48.1 Å². The second-order valence-corrected chi connectivity index (χ2v) is 6.94. The van der Waals surface area contributed by atoms with Crippen molar-refractivity contribution in [2.24, 2.45) is 5.92 Å². The Morgan fingerprint density at radius 1 is 1.14 bits per heavy atom. The van der Waals surface area contributed by atoms with Gasteiger partial charge in [0.05, 0.1) is 12.2 Å². The van der Waals surface area contributed by atoms with Gasteiger partial charge in [0.25, 0.3) is 5.91 Å². The molecule has 28 heavy (non-hydrogen) atoms. The standard InChI is InChI=1S/C21H22F3NO3/c22-21(23,24)19-4-2-1-3-17(19)11-16-9-10-25(12-16)20(27)14-28-18-7-5-15(13-26)6-8-18/h1-8,16,26H,9-14H2. The van der Waals surface area contributed by atoms with Crippen molar-refractivity contribution in [2.45, 2.75) is 25.6 Å². The number of aliphatic hydroxyl groups excluding tert-OH is 1. The van der Waals surface area contributed by atoms with Gasteiger partial charge in [-0.1, -0.05) is 30.3 Å². The first-order valence-corrected chi connectivity index (χ1v) is 9.12. The second kappa shape index (κ2) is 8.65. The molecule has 1 atom stereocenters. The number of hydrogen-bond acceptors (Lipinski definition) is 3. The molecule has 1 N–H and O–H groups in total. The maximum Gasteiger partial charge on any atom is 0.416 e. The van der Waals surface area contributed by atoms with Crippen molar-refractivity contribution in [2.75, 3.05) is 19.7 Å². The molecule has 7 heteroatoms. The fourth-order valence-electron chi connectivity index (χ4n) is 3.44. The smallest absolute Gasteiger partial charge is 0.416 e. The number of amides is 1. The van der Waals surface area contributed by atoms with Crippen molar-refractivity contribution in [3.63, 3.8) is 0 Å². The molecular weight excluding hydrogens is 371 g/mol. The Balaban J connectivity index is 1.53. The highest BCUT2D eigenvalue weighted by Gasteiger charge is 2.34. The summed E-state index contributed by atoms with van der Waals surface area (Å²) < 4.78 is 44.9. The van der Waals surface area contributed by atoms with Crippen molar-refractivity contribution in [3.05, 3.63) is 65.2 Å². The van der Waals surface area contributed by atoms with Crippen molar-refractivity contribution < 1.29 is 27.8 Å². The summed E-state index contributed by atoms with van der Waals surface area (Å²) in [7, 11) is 0. The molecule has 1 amide bonds. The predicted molar refractivity (Wildman–Crippen MR) is 97.7 cm³/mol. The van der Waals surface area contributed by atoms with E-state index in [-0.39, 0.29) is 30.6 Å². The summed E-state index contributed by atoms with van der Waals surface area (Å²) >= 11 is 0. The zero-order chi connectivity index (χ0) is 20.1. The SMILES string of the molecule is O=C(COc1ccc(CO)cc1)N1CCC(Cc2ccccc2C(F)(F)F)C1. The zero-order valence-electron chi connectivity index (χ0n) is 15.3. The van der Waals surface area contributed by atoms with Crippen LogP contribution in [0.15, 0.2) is 48.5 Å². The van der Waals surface area contributed by atoms with Gasteiger partial charge in [0.15, 0.2) is 6.61 Å². The van der Waals surface area contributed by atoms with Gasteiger partial charge in [0.1, 0.15) is 5.75 Å². The monoisotopic (exact) mass is 393 g/mol. The second-order valence-electron chi connectivity index (χ2n) is 6.94. The summed E-state index contributed by atoms with van der Waals surface area (Å²) in [6, 6.07) is 12.4. The Hall–Kier alpha value is -2.54. The van der Waals surface area contributed by atoms with Gasteiger partial charge in [0, 0.05) is 13.1 Å².